The lowest BCUT2D eigenvalue weighted by molar-refractivity contribution is 0.0696. The summed E-state index contributed by atoms with van der Waals surface area (Å²) in [5.41, 5.74) is 2.79. The van der Waals surface area contributed by atoms with Crippen LogP contribution in [0.5, 0.6) is 0 Å². The van der Waals surface area contributed by atoms with Crippen molar-refractivity contribution in [2.45, 2.75) is 19.5 Å². The minimum atomic E-state index is -0.856. The molecule has 0 radical (unpaired) electrons. The summed E-state index contributed by atoms with van der Waals surface area (Å²) in [6.07, 6.45) is 0.984. The van der Waals surface area contributed by atoms with Crippen molar-refractivity contribution < 1.29 is 9.90 Å². The van der Waals surface area contributed by atoms with E-state index in [9.17, 15) is 4.79 Å². The molecule has 0 bridgehead atoms. The van der Waals surface area contributed by atoms with Gasteiger partial charge in [0.2, 0.25) is 0 Å². The number of carboxylic acids is 1. The van der Waals surface area contributed by atoms with Gasteiger partial charge in [0, 0.05) is 29.0 Å². The first-order valence-corrected chi connectivity index (χ1v) is 8.10. The molecule has 0 unspecified atom stereocenters. The molecule has 1 N–H and O–H groups in total. The number of carbonyl (C=O) groups is 1. The van der Waals surface area contributed by atoms with E-state index in [1.54, 1.807) is 17.4 Å². The van der Waals surface area contributed by atoms with Crippen LogP contribution in [0.2, 0.25) is 0 Å². The molecule has 0 saturated carbocycles. The van der Waals surface area contributed by atoms with Gasteiger partial charge in [0.05, 0.1) is 5.56 Å². The molecule has 104 valence electrons. The van der Waals surface area contributed by atoms with Crippen molar-refractivity contribution in [3.05, 3.63) is 55.7 Å². The number of benzene rings is 1. The molecule has 5 heteroatoms. The molecule has 1 aliphatic heterocycles. The van der Waals surface area contributed by atoms with Crippen LogP contribution in [-0.2, 0) is 19.5 Å². The molecule has 20 heavy (non-hydrogen) atoms. The number of thiophene rings is 1. The Hall–Kier alpha value is -1.17. The lowest BCUT2D eigenvalue weighted by atomic mass is 9.97. The average molecular weight is 352 g/mol. The van der Waals surface area contributed by atoms with Crippen molar-refractivity contribution in [2.75, 3.05) is 6.54 Å². The van der Waals surface area contributed by atoms with E-state index in [-0.39, 0.29) is 0 Å². The molecule has 3 nitrogen and oxygen atoms in total. The molecule has 0 saturated heterocycles. The molecule has 1 aliphatic rings. The van der Waals surface area contributed by atoms with E-state index in [0.29, 0.717) is 5.56 Å². The number of carboxylic acid groups (broad SMARTS) is 1. The lowest BCUT2D eigenvalue weighted by Crippen LogP contribution is -2.30. The van der Waals surface area contributed by atoms with Gasteiger partial charge in [-0.25, -0.2) is 4.79 Å². The van der Waals surface area contributed by atoms with Crippen LogP contribution in [0, 0.1) is 0 Å². The summed E-state index contributed by atoms with van der Waals surface area (Å²) in [4.78, 5) is 14.7. The van der Waals surface area contributed by atoms with Crippen LogP contribution in [-0.4, -0.2) is 22.5 Å². The molecular formula is C15H14BrNO2S. The monoisotopic (exact) mass is 351 g/mol. The molecule has 0 atom stereocenters. The van der Waals surface area contributed by atoms with Gasteiger partial charge in [-0.05, 0) is 57.1 Å². The summed E-state index contributed by atoms with van der Waals surface area (Å²) in [5, 5.41) is 11.2. The van der Waals surface area contributed by atoms with E-state index < -0.39 is 5.97 Å². The van der Waals surface area contributed by atoms with Crippen LogP contribution in [0.1, 0.15) is 26.4 Å². The largest absolute Gasteiger partial charge is 0.478 e. The van der Waals surface area contributed by atoms with E-state index in [1.165, 1.54) is 10.4 Å². The van der Waals surface area contributed by atoms with Crippen LogP contribution in [0.3, 0.4) is 0 Å². The van der Waals surface area contributed by atoms with Gasteiger partial charge in [0.25, 0.3) is 0 Å². The molecule has 1 aromatic heterocycles. The predicted octanol–water partition coefficient (Wildman–Crippen LogP) is 3.77. The van der Waals surface area contributed by atoms with Gasteiger partial charge < -0.3 is 5.11 Å². The Labute approximate surface area is 130 Å². The summed E-state index contributed by atoms with van der Waals surface area (Å²) in [6.45, 7) is 2.75. The molecule has 0 spiro atoms. The van der Waals surface area contributed by atoms with Crippen LogP contribution < -0.4 is 0 Å². The van der Waals surface area contributed by atoms with Gasteiger partial charge in [0.15, 0.2) is 0 Å². The highest BCUT2D eigenvalue weighted by Crippen LogP contribution is 2.27. The fourth-order valence-corrected chi connectivity index (χ4v) is 4.04. The second-order valence-electron chi connectivity index (χ2n) is 4.94. The number of halogens is 1. The van der Waals surface area contributed by atoms with Crippen molar-refractivity contribution in [2.24, 2.45) is 0 Å². The standard InChI is InChI=1S/C15H14BrNO2S/c16-13-4-6-20-14(13)9-17-5-3-10-1-2-11(15(18)19)7-12(10)8-17/h1-2,4,6-7H,3,5,8-9H2,(H,18,19). The first-order chi connectivity index (χ1) is 9.63. The Morgan fingerprint density at radius 3 is 2.90 bits per heavy atom. The number of nitrogens with zero attached hydrogens (tertiary/aromatic N) is 1. The van der Waals surface area contributed by atoms with Crippen molar-refractivity contribution in [3.8, 4) is 0 Å². The Balaban J connectivity index is 1.78. The third-order valence-corrected chi connectivity index (χ3v) is 5.51. The normalized spacial score (nSPS) is 15.1. The van der Waals surface area contributed by atoms with Crippen molar-refractivity contribution in [1.82, 2.24) is 4.90 Å². The summed E-state index contributed by atoms with van der Waals surface area (Å²) < 4.78 is 1.16. The van der Waals surface area contributed by atoms with E-state index in [1.807, 2.05) is 12.1 Å². The van der Waals surface area contributed by atoms with Crippen LogP contribution in [0.15, 0.2) is 34.1 Å². The lowest BCUT2D eigenvalue weighted by Gasteiger charge is -2.28. The quantitative estimate of drug-likeness (QED) is 0.914. The molecule has 0 amide bonds. The summed E-state index contributed by atoms with van der Waals surface area (Å²) in [7, 11) is 0. The minimum absolute atomic E-state index is 0.378. The Bertz CT molecular complexity index is 653. The number of hydrogen-bond acceptors (Lipinski definition) is 3. The van der Waals surface area contributed by atoms with E-state index in [2.05, 4.69) is 32.3 Å². The summed E-state index contributed by atoms with van der Waals surface area (Å²) in [5.74, 6) is -0.856. The maximum absolute atomic E-state index is 11.1. The number of aromatic carboxylic acids is 1. The molecule has 0 aliphatic carbocycles. The second-order valence-corrected chi connectivity index (χ2v) is 6.80. The molecule has 2 aromatic rings. The van der Waals surface area contributed by atoms with E-state index >= 15 is 0 Å². The molecular weight excluding hydrogens is 338 g/mol. The van der Waals surface area contributed by atoms with E-state index in [0.717, 1.165) is 36.1 Å². The van der Waals surface area contributed by atoms with Crippen LogP contribution >= 0.6 is 27.3 Å². The zero-order chi connectivity index (χ0) is 14.1. The van der Waals surface area contributed by atoms with Gasteiger partial charge in [-0.15, -0.1) is 11.3 Å². The van der Waals surface area contributed by atoms with Gasteiger partial charge in [-0.3, -0.25) is 4.90 Å². The van der Waals surface area contributed by atoms with Crippen LogP contribution in [0.25, 0.3) is 0 Å². The average Bonchev–Trinajstić information content (AvgIpc) is 2.83. The third-order valence-electron chi connectivity index (χ3n) is 3.60. The second kappa shape index (κ2) is 5.68. The first-order valence-electron chi connectivity index (χ1n) is 6.43. The van der Waals surface area contributed by atoms with Gasteiger partial charge in [-0.1, -0.05) is 6.07 Å². The molecule has 1 aromatic carbocycles. The summed E-state index contributed by atoms with van der Waals surface area (Å²) in [6, 6.07) is 7.54. The molecule has 2 heterocycles. The highest BCUT2D eigenvalue weighted by Gasteiger charge is 2.18. The SMILES string of the molecule is O=C(O)c1ccc2c(c1)CN(Cc1sccc1Br)CC2. The predicted molar refractivity (Wildman–Crippen MR) is 83.2 cm³/mol. The topological polar surface area (TPSA) is 40.5 Å². The van der Waals surface area contributed by atoms with Crippen molar-refractivity contribution in [1.29, 1.82) is 0 Å². The highest BCUT2D eigenvalue weighted by molar-refractivity contribution is 9.10. The first kappa shape index (κ1) is 13.8. The zero-order valence-corrected chi connectivity index (χ0v) is 13.2. The minimum Gasteiger partial charge on any atom is -0.478 e. The highest BCUT2D eigenvalue weighted by atomic mass is 79.9. The zero-order valence-electron chi connectivity index (χ0n) is 10.8. The fraction of sp³-hybridized carbons (Fsp3) is 0.267. The van der Waals surface area contributed by atoms with Gasteiger partial charge in [-0.2, -0.15) is 0 Å². The fourth-order valence-electron chi connectivity index (χ4n) is 2.52. The third kappa shape index (κ3) is 2.80. The number of rotatable bonds is 3. The van der Waals surface area contributed by atoms with Gasteiger partial charge >= 0.3 is 5.97 Å². The Morgan fingerprint density at radius 2 is 2.20 bits per heavy atom. The van der Waals surface area contributed by atoms with Crippen LogP contribution in [0.4, 0.5) is 0 Å². The maximum Gasteiger partial charge on any atom is 0.335 e. The Morgan fingerprint density at radius 1 is 1.35 bits per heavy atom. The molecule has 0 fully saturated rings. The van der Waals surface area contributed by atoms with Crippen molar-refractivity contribution in [3.63, 3.8) is 0 Å². The number of hydrogen-bond donors (Lipinski definition) is 1. The number of fused-ring (bicyclic) bond motifs is 1. The maximum atomic E-state index is 11.1. The van der Waals surface area contributed by atoms with Crippen molar-refractivity contribution >= 4 is 33.2 Å². The van der Waals surface area contributed by atoms with E-state index in [4.69, 9.17) is 5.11 Å². The smallest absolute Gasteiger partial charge is 0.335 e. The Kier molecular flexibility index (Phi) is 3.92. The van der Waals surface area contributed by atoms with Gasteiger partial charge in [0.1, 0.15) is 0 Å². The molecule has 3 rings (SSSR count). The summed E-state index contributed by atoms with van der Waals surface area (Å²) >= 11 is 5.31.